The van der Waals surface area contributed by atoms with E-state index in [1.807, 2.05) is 17.7 Å². The van der Waals surface area contributed by atoms with Crippen LogP contribution >= 0.6 is 0 Å². The van der Waals surface area contributed by atoms with Crippen molar-refractivity contribution in [3.05, 3.63) is 23.3 Å². The SMILES string of the molecule is CCC(C)(C)Cn1nnnc1-c1cc(N)c(C)cc1C. The molecule has 0 aliphatic rings. The standard InChI is InChI=1S/C15H23N5/c1-6-15(4,5)9-20-14(17-18-19-20)12-8-13(16)11(3)7-10(12)2/h7-8H,6,9,16H2,1-5H3. The highest BCUT2D eigenvalue weighted by Gasteiger charge is 2.20. The van der Waals surface area contributed by atoms with Crippen molar-refractivity contribution >= 4 is 5.69 Å². The normalized spacial score (nSPS) is 11.8. The molecule has 5 heteroatoms. The molecule has 0 atom stereocenters. The Kier molecular flexibility index (Phi) is 3.79. The first-order valence-corrected chi connectivity index (χ1v) is 6.97. The minimum Gasteiger partial charge on any atom is -0.398 e. The van der Waals surface area contributed by atoms with Crippen LogP contribution in [0.25, 0.3) is 11.4 Å². The van der Waals surface area contributed by atoms with Gasteiger partial charge in [-0.05, 0) is 53.3 Å². The van der Waals surface area contributed by atoms with Crippen LogP contribution in [0.4, 0.5) is 5.69 Å². The first-order chi connectivity index (χ1) is 9.34. The summed E-state index contributed by atoms with van der Waals surface area (Å²) in [5, 5.41) is 12.1. The van der Waals surface area contributed by atoms with E-state index >= 15 is 0 Å². The van der Waals surface area contributed by atoms with Crippen molar-refractivity contribution in [2.24, 2.45) is 5.41 Å². The molecule has 108 valence electrons. The van der Waals surface area contributed by atoms with Crippen molar-refractivity contribution in [2.75, 3.05) is 5.73 Å². The average molecular weight is 273 g/mol. The summed E-state index contributed by atoms with van der Waals surface area (Å²) in [5.41, 5.74) is 10.2. The third-order valence-corrected chi connectivity index (χ3v) is 3.92. The highest BCUT2D eigenvalue weighted by atomic mass is 15.5. The van der Waals surface area contributed by atoms with Crippen LogP contribution in [0, 0.1) is 19.3 Å². The van der Waals surface area contributed by atoms with Gasteiger partial charge in [-0.2, -0.15) is 0 Å². The number of aryl methyl sites for hydroxylation is 2. The van der Waals surface area contributed by atoms with Crippen molar-refractivity contribution in [1.29, 1.82) is 0 Å². The lowest BCUT2D eigenvalue weighted by Gasteiger charge is -2.22. The summed E-state index contributed by atoms with van der Waals surface area (Å²) in [6.07, 6.45) is 1.07. The molecule has 2 aromatic rings. The van der Waals surface area contributed by atoms with Crippen molar-refractivity contribution in [1.82, 2.24) is 20.2 Å². The van der Waals surface area contributed by atoms with E-state index in [0.29, 0.717) is 0 Å². The van der Waals surface area contributed by atoms with E-state index in [2.05, 4.69) is 49.3 Å². The summed E-state index contributed by atoms with van der Waals surface area (Å²) in [5.74, 6) is 0.788. The Balaban J connectivity index is 2.45. The maximum Gasteiger partial charge on any atom is 0.182 e. The van der Waals surface area contributed by atoms with Gasteiger partial charge in [-0.1, -0.05) is 26.8 Å². The second-order valence-electron chi connectivity index (χ2n) is 6.20. The number of tetrazole rings is 1. The molecule has 0 aliphatic carbocycles. The summed E-state index contributed by atoms with van der Waals surface area (Å²) >= 11 is 0. The van der Waals surface area contributed by atoms with Crippen LogP contribution in [0.1, 0.15) is 38.3 Å². The topological polar surface area (TPSA) is 69.6 Å². The minimum atomic E-state index is 0.161. The number of hydrogen-bond acceptors (Lipinski definition) is 4. The summed E-state index contributed by atoms with van der Waals surface area (Å²) in [6.45, 7) is 11.5. The lowest BCUT2D eigenvalue weighted by Crippen LogP contribution is -2.20. The Morgan fingerprint density at radius 3 is 2.55 bits per heavy atom. The molecule has 0 amide bonds. The smallest absolute Gasteiger partial charge is 0.182 e. The second-order valence-corrected chi connectivity index (χ2v) is 6.20. The molecule has 1 aromatic carbocycles. The number of aromatic nitrogens is 4. The Morgan fingerprint density at radius 2 is 1.90 bits per heavy atom. The first-order valence-electron chi connectivity index (χ1n) is 6.97. The van der Waals surface area contributed by atoms with Crippen LogP contribution < -0.4 is 5.73 Å². The molecule has 20 heavy (non-hydrogen) atoms. The lowest BCUT2D eigenvalue weighted by molar-refractivity contribution is 0.279. The number of benzene rings is 1. The molecule has 2 N–H and O–H groups in total. The van der Waals surface area contributed by atoms with Crippen molar-refractivity contribution in [2.45, 2.75) is 47.6 Å². The molecule has 1 aromatic heterocycles. The summed E-state index contributed by atoms with van der Waals surface area (Å²) < 4.78 is 1.88. The third-order valence-electron chi connectivity index (χ3n) is 3.92. The maximum absolute atomic E-state index is 6.02. The number of nitrogens with two attached hydrogens (primary N) is 1. The van der Waals surface area contributed by atoms with Gasteiger partial charge in [-0.25, -0.2) is 4.68 Å². The molecule has 0 unspecified atom stereocenters. The number of anilines is 1. The van der Waals surface area contributed by atoms with Crippen molar-refractivity contribution in [3.8, 4) is 11.4 Å². The molecule has 2 rings (SSSR count). The highest BCUT2D eigenvalue weighted by molar-refractivity contribution is 5.67. The fraction of sp³-hybridized carbons (Fsp3) is 0.533. The molecule has 0 saturated heterocycles. The number of nitrogen functional groups attached to an aromatic ring is 1. The van der Waals surface area contributed by atoms with Gasteiger partial charge in [0.15, 0.2) is 5.82 Å². The van der Waals surface area contributed by atoms with Gasteiger partial charge in [0.1, 0.15) is 0 Å². The average Bonchev–Trinajstić information content (AvgIpc) is 2.81. The molecule has 0 aliphatic heterocycles. The zero-order valence-corrected chi connectivity index (χ0v) is 12.9. The molecule has 5 nitrogen and oxygen atoms in total. The lowest BCUT2D eigenvalue weighted by atomic mass is 9.90. The maximum atomic E-state index is 6.02. The van der Waals surface area contributed by atoms with E-state index in [9.17, 15) is 0 Å². The van der Waals surface area contributed by atoms with Crippen LogP contribution in [0.15, 0.2) is 12.1 Å². The van der Waals surface area contributed by atoms with E-state index in [1.54, 1.807) is 0 Å². The van der Waals surface area contributed by atoms with Gasteiger partial charge in [-0.15, -0.1) is 5.10 Å². The van der Waals surface area contributed by atoms with Gasteiger partial charge in [-0.3, -0.25) is 0 Å². The van der Waals surface area contributed by atoms with Crippen LogP contribution in [-0.2, 0) is 6.54 Å². The molecule has 1 heterocycles. The van der Waals surface area contributed by atoms with Crippen LogP contribution in [-0.4, -0.2) is 20.2 Å². The zero-order chi connectivity index (χ0) is 14.9. The molecular formula is C15H23N5. The van der Waals surface area contributed by atoms with Crippen LogP contribution in [0.3, 0.4) is 0 Å². The van der Waals surface area contributed by atoms with E-state index in [4.69, 9.17) is 5.73 Å². The zero-order valence-electron chi connectivity index (χ0n) is 12.9. The number of rotatable bonds is 4. The largest absolute Gasteiger partial charge is 0.398 e. The molecule has 0 bridgehead atoms. The monoisotopic (exact) mass is 273 g/mol. The number of nitrogens with zero attached hydrogens (tertiary/aromatic N) is 4. The first kappa shape index (κ1) is 14.5. The quantitative estimate of drug-likeness (QED) is 0.869. The molecule has 0 saturated carbocycles. The van der Waals surface area contributed by atoms with Gasteiger partial charge < -0.3 is 5.73 Å². The molecule has 0 fully saturated rings. The number of hydrogen-bond donors (Lipinski definition) is 1. The third kappa shape index (κ3) is 2.81. The van der Waals surface area contributed by atoms with Crippen LogP contribution in [0.5, 0.6) is 0 Å². The van der Waals surface area contributed by atoms with Gasteiger partial charge in [0.25, 0.3) is 0 Å². The summed E-state index contributed by atoms with van der Waals surface area (Å²) in [4.78, 5) is 0. The fourth-order valence-corrected chi connectivity index (χ4v) is 2.13. The van der Waals surface area contributed by atoms with E-state index in [-0.39, 0.29) is 5.41 Å². The van der Waals surface area contributed by atoms with Gasteiger partial charge >= 0.3 is 0 Å². The van der Waals surface area contributed by atoms with Gasteiger partial charge in [0, 0.05) is 11.3 Å². The molecular weight excluding hydrogens is 250 g/mol. The van der Waals surface area contributed by atoms with E-state index in [0.717, 1.165) is 41.2 Å². The Labute approximate surface area is 120 Å². The Morgan fingerprint density at radius 1 is 1.20 bits per heavy atom. The minimum absolute atomic E-state index is 0.161. The van der Waals surface area contributed by atoms with Crippen molar-refractivity contribution < 1.29 is 0 Å². The van der Waals surface area contributed by atoms with Gasteiger partial charge in [0.2, 0.25) is 0 Å². The second kappa shape index (κ2) is 5.23. The Bertz CT molecular complexity index is 613. The Hall–Kier alpha value is -1.91. The van der Waals surface area contributed by atoms with E-state index < -0.39 is 0 Å². The summed E-state index contributed by atoms with van der Waals surface area (Å²) in [6, 6.07) is 4.04. The van der Waals surface area contributed by atoms with Crippen LogP contribution in [0.2, 0.25) is 0 Å². The predicted molar refractivity (Wildman–Crippen MR) is 81.2 cm³/mol. The highest BCUT2D eigenvalue weighted by Crippen LogP contribution is 2.28. The fourth-order valence-electron chi connectivity index (χ4n) is 2.13. The summed E-state index contributed by atoms with van der Waals surface area (Å²) in [7, 11) is 0. The predicted octanol–water partition coefficient (Wildman–Crippen LogP) is 2.98. The van der Waals surface area contributed by atoms with Crippen molar-refractivity contribution in [3.63, 3.8) is 0 Å². The van der Waals surface area contributed by atoms with Gasteiger partial charge in [0.05, 0.1) is 6.54 Å². The van der Waals surface area contributed by atoms with E-state index in [1.165, 1.54) is 0 Å². The molecule has 0 radical (unpaired) electrons. The molecule has 0 spiro atoms.